The van der Waals surface area contributed by atoms with E-state index in [9.17, 15) is 0 Å². The van der Waals surface area contributed by atoms with Gasteiger partial charge in [-0.2, -0.15) is 0 Å². The molecule has 0 aliphatic carbocycles. The minimum Gasteiger partial charge on any atom is -0.436 e. The summed E-state index contributed by atoms with van der Waals surface area (Å²) in [5.74, 6) is 0. The molecule has 4 aromatic carbocycles. The van der Waals surface area contributed by atoms with Gasteiger partial charge in [-0.3, -0.25) is 0 Å². The summed E-state index contributed by atoms with van der Waals surface area (Å²) in [6.45, 7) is 0. The van der Waals surface area contributed by atoms with Gasteiger partial charge in [0.1, 0.15) is 11.1 Å². The van der Waals surface area contributed by atoms with E-state index in [0.29, 0.717) is 5.71 Å². The number of hydrogen-bond acceptors (Lipinski definition) is 4. The van der Waals surface area contributed by atoms with Crippen molar-refractivity contribution < 1.29 is 4.42 Å². The van der Waals surface area contributed by atoms with Gasteiger partial charge in [0.25, 0.3) is 0 Å². The van der Waals surface area contributed by atoms with Crippen molar-refractivity contribution in [2.24, 2.45) is 0 Å². The van der Waals surface area contributed by atoms with Gasteiger partial charge in [0.2, 0.25) is 5.71 Å². The number of thiophene rings is 1. The molecular formula is C26H14N2OS. The van der Waals surface area contributed by atoms with Crippen LogP contribution in [0.2, 0.25) is 0 Å². The van der Waals surface area contributed by atoms with Crippen molar-refractivity contribution >= 4 is 64.7 Å². The van der Waals surface area contributed by atoms with Crippen molar-refractivity contribution in [3.8, 4) is 11.1 Å². The molecule has 0 saturated heterocycles. The molecule has 3 aromatic heterocycles. The summed E-state index contributed by atoms with van der Waals surface area (Å²) in [6, 6.07) is 29.4. The Balaban J connectivity index is 1.53. The van der Waals surface area contributed by atoms with Crippen LogP contribution in [-0.4, -0.2) is 9.97 Å². The number of nitrogens with zero attached hydrogens (tertiary/aromatic N) is 2. The maximum Gasteiger partial charge on any atom is 0.246 e. The molecule has 140 valence electrons. The minimum absolute atomic E-state index is 0.584. The van der Waals surface area contributed by atoms with Gasteiger partial charge in [-0.25, -0.2) is 9.97 Å². The first-order chi connectivity index (χ1) is 14.8. The zero-order chi connectivity index (χ0) is 19.7. The SMILES string of the molecule is c1ccc2nc3c(nc2c1)oc1ccc(-c2cccc4c2sc2ccccc24)cc13. The number of rotatable bonds is 1. The first kappa shape index (κ1) is 16.1. The van der Waals surface area contributed by atoms with Crippen molar-refractivity contribution in [2.45, 2.75) is 0 Å². The average molecular weight is 402 g/mol. The summed E-state index contributed by atoms with van der Waals surface area (Å²) in [4.78, 5) is 9.51. The fraction of sp³-hybridized carbons (Fsp3) is 0. The number of benzene rings is 4. The van der Waals surface area contributed by atoms with E-state index in [0.717, 1.165) is 33.1 Å². The number of aromatic nitrogens is 2. The van der Waals surface area contributed by atoms with Crippen molar-refractivity contribution in [2.75, 3.05) is 0 Å². The van der Waals surface area contributed by atoms with Gasteiger partial charge in [-0.15, -0.1) is 11.3 Å². The summed E-state index contributed by atoms with van der Waals surface area (Å²) in [6.07, 6.45) is 0. The van der Waals surface area contributed by atoms with E-state index in [1.54, 1.807) is 0 Å². The van der Waals surface area contributed by atoms with Gasteiger partial charge in [-0.05, 0) is 41.5 Å². The Morgan fingerprint density at radius 3 is 2.40 bits per heavy atom. The molecule has 0 radical (unpaired) electrons. The van der Waals surface area contributed by atoms with Crippen LogP contribution in [0.1, 0.15) is 0 Å². The van der Waals surface area contributed by atoms with Crippen molar-refractivity contribution in [3.05, 3.63) is 84.9 Å². The maximum atomic E-state index is 6.02. The Hall–Kier alpha value is -3.76. The smallest absolute Gasteiger partial charge is 0.246 e. The largest absolute Gasteiger partial charge is 0.436 e. The Bertz CT molecular complexity index is 1760. The van der Waals surface area contributed by atoms with Crippen molar-refractivity contribution in [3.63, 3.8) is 0 Å². The topological polar surface area (TPSA) is 38.9 Å². The Morgan fingerprint density at radius 1 is 0.667 bits per heavy atom. The molecule has 0 saturated carbocycles. The van der Waals surface area contributed by atoms with E-state index in [1.807, 2.05) is 41.7 Å². The highest BCUT2D eigenvalue weighted by atomic mass is 32.1. The molecule has 7 aromatic rings. The van der Waals surface area contributed by atoms with Crippen LogP contribution in [0.4, 0.5) is 0 Å². The second-order valence-corrected chi connectivity index (χ2v) is 8.51. The number of para-hydroxylation sites is 2. The molecule has 7 rings (SSSR count). The van der Waals surface area contributed by atoms with E-state index in [-0.39, 0.29) is 0 Å². The van der Waals surface area contributed by atoms with Gasteiger partial charge in [0.15, 0.2) is 0 Å². The zero-order valence-corrected chi connectivity index (χ0v) is 16.6. The highest BCUT2D eigenvalue weighted by Crippen LogP contribution is 2.41. The van der Waals surface area contributed by atoms with Gasteiger partial charge >= 0.3 is 0 Å². The van der Waals surface area contributed by atoms with Crippen LogP contribution >= 0.6 is 11.3 Å². The molecule has 0 amide bonds. The normalized spacial score (nSPS) is 12.0. The van der Waals surface area contributed by atoms with Crippen LogP contribution in [0.5, 0.6) is 0 Å². The highest BCUT2D eigenvalue weighted by Gasteiger charge is 2.14. The molecule has 3 heterocycles. The molecule has 30 heavy (non-hydrogen) atoms. The van der Waals surface area contributed by atoms with Gasteiger partial charge in [0, 0.05) is 25.6 Å². The van der Waals surface area contributed by atoms with Crippen molar-refractivity contribution in [1.82, 2.24) is 9.97 Å². The first-order valence-electron chi connectivity index (χ1n) is 9.85. The summed E-state index contributed by atoms with van der Waals surface area (Å²) in [5, 5.41) is 3.61. The second kappa shape index (κ2) is 5.88. The second-order valence-electron chi connectivity index (χ2n) is 7.46. The van der Waals surface area contributed by atoms with Gasteiger partial charge < -0.3 is 4.42 Å². The van der Waals surface area contributed by atoms with Gasteiger partial charge in [-0.1, -0.05) is 54.6 Å². The summed E-state index contributed by atoms with van der Waals surface area (Å²) in [5.41, 5.74) is 6.34. The predicted octanol–water partition coefficient (Wildman–Crippen LogP) is 7.56. The van der Waals surface area contributed by atoms with Crippen LogP contribution in [0.25, 0.3) is 64.5 Å². The quantitative estimate of drug-likeness (QED) is 0.284. The summed E-state index contributed by atoms with van der Waals surface area (Å²) in [7, 11) is 0. The van der Waals surface area contributed by atoms with E-state index in [4.69, 9.17) is 9.40 Å². The average Bonchev–Trinajstić information content (AvgIpc) is 3.35. The van der Waals surface area contributed by atoms with Crippen LogP contribution in [0.15, 0.2) is 89.3 Å². The van der Waals surface area contributed by atoms with Gasteiger partial charge in [0.05, 0.1) is 11.0 Å². The fourth-order valence-electron chi connectivity index (χ4n) is 4.28. The molecule has 4 heteroatoms. The van der Waals surface area contributed by atoms with E-state index >= 15 is 0 Å². The van der Waals surface area contributed by atoms with Crippen LogP contribution < -0.4 is 0 Å². The lowest BCUT2D eigenvalue weighted by Gasteiger charge is -2.04. The van der Waals surface area contributed by atoms with Crippen LogP contribution in [0, 0.1) is 0 Å². The Morgan fingerprint density at radius 2 is 1.47 bits per heavy atom. The van der Waals surface area contributed by atoms with Crippen LogP contribution in [-0.2, 0) is 0 Å². The number of furan rings is 1. The fourth-order valence-corrected chi connectivity index (χ4v) is 5.52. The minimum atomic E-state index is 0.584. The molecule has 0 atom stereocenters. The molecule has 0 aliphatic heterocycles. The lowest BCUT2D eigenvalue weighted by Crippen LogP contribution is -1.84. The van der Waals surface area contributed by atoms with E-state index < -0.39 is 0 Å². The molecule has 0 bridgehead atoms. The monoisotopic (exact) mass is 402 g/mol. The Kier molecular flexibility index (Phi) is 3.15. The van der Waals surface area contributed by atoms with E-state index in [1.165, 1.54) is 25.7 Å². The van der Waals surface area contributed by atoms with Crippen LogP contribution in [0.3, 0.4) is 0 Å². The zero-order valence-electron chi connectivity index (χ0n) is 15.8. The Labute approximate surface area is 175 Å². The maximum absolute atomic E-state index is 6.02. The highest BCUT2D eigenvalue weighted by molar-refractivity contribution is 7.26. The molecular weight excluding hydrogens is 388 g/mol. The first-order valence-corrected chi connectivity index (χ1v) is 10.7. The molecule has 0 unspecified atom stereocenters. The number of hydrogen-bond donors (Lipinski definition) is 0. The molecule has 0 N–H and O–H groups in total. The molecule has 3 nitrogen and oxygen atoms in total. The lowest BCUT2D eigenvalue weighted by molar-refractivity contribution is 0.655. The summed E-state index contributed by atoms with van der Waals surface area (Å²) < 4.78 is 8.64. The molecule has 0 spiro atoms. The standard InChI is InChI=1S/C26H14N2OS/c1-4-11-23-17(6-1)18-8-5-7-16(25(18)30-23)15-12-13-22-19(14-15)24-26(29-22)28-21-10-3-2-9-20(21)27-24/h1-14H. The lowest BCUT2D eigenvalue weighted by atomic mass is 10.0. The van der Waals surface area contributed by atoms with Crippen molar-refractivity contribution in [1.29, 1.82) is 0 Å². The predicted molar refractivity (Wildman–Crippen MR) is 125 cm³/mol. The summed E-state index contributed by atoms with van der Waals surface area (Å²) >= 11 is 1.84. The molecule has 0 aliphatic rings. The molecule has 0 fully saturated rings. The number of fused-ring (bicyclic) bond motifs is 7. The van der Waals surface area contributed by atoms with E-state index in [2.05, 4.69) is 59.6 Å². The third-order valence-corrected chi connectivity index (χ3v) is 6.92. The third-order valence-electron chi connectivity index (χ3n) is 5.70. The third kappa shape index (κ3) is 2.19.